The largest absolute Gasteiger partial charge is 0.478 e. The number of aromatic nitrogens is 1. The Balaban J connectivity index is 2.75. The molecule has 0 unspecified atom stereocenters. The third-order valence-electron chi connectivity index (χ3n) is 1.59. The van der Waals surface area contributed by atoms with Crippen LogP contribution in [0.1, 0.15) is 0 Å². The van der Waals surface area contributed by atoms with Gasteiger partial charge in [0.25, 0.3) is 5.88 Å². The fraction of sp³-hybridized carbons (Fsp3) is 0.125. The highest BCUT2D eigenvalue weighted by Gasteiger charge is 2.07. The smallest absolute Gasteiger partial charge is 0.261 e. The molecule has 2 rings (SSSR count). The summed E-state index contributed by atoms with van der Waals surface area (Å²) in [6, 6.07) is 4.15. The molecule has 0 aliphatic carbocycles. The van der Waals surface area contributed by atoms with Gasteiger partial charge in [0.2, 0.25) is 0 Å². The van der Waals surface area contributed by atoms with Crippen LogP contribution in [0.3, 0.4) is 0 Å². The molecule has 0 atom stereocenters. The summed E-state index contributed by atoms with van der Waals surface area (Å²) < 4.78 is 22.4. The maximum absolute atomic E-state index is 12.7. The standard InChI is InChI=1S/C8H6FNO2/c1-11-8-6-4-5(9)2-3-7(6)12-10-8/h2-4H,1H3. The molecule has 1 aromatic heterocycles. The number of methoxy groups -OCH3 is 1. The first-order valence-corrected chi connectivity index (χ1v) is 3.40. The number of halogens is 1. The molecule has 0 N–H and O–H groups in total. The van der Waals surface area contributed by atoms with Crippen LogP contribution in [0, 0.1) is 5.82 Å². The number of rotatable bonds is 1. The quantitative estimate of drug-likeness (QED) is 0.651. The Kier molecular flexibility index (Phi) is 1.46. The Morgan fingerprint density at radius 3 is 3.08 bits per heavy atom. The summed E-state index contributed by atoms with van der Waals surface area (Å²) >= 11 is 0. The lowest BCUT2D eigenvalue weighted by Crippen LogP contribution is -1.81. The fourth-order valence-corrected chi connectivity index (χ4v) is 1.04. The highest BCUT2D eigenvalue weighted by Crippen LogP contribution is 2.24. The van der Waals surface area contributed by atoms with Gasteiger partial charge in [0.1, 0.15) is 5.82 Å². The topological polar surface area (TPSA) is 35.3 Å². The zero-order chi connectivity index (χ0) is 8.55. The Labute approximate surface area is 67.7 Å². The van der Waals surface area contributed by atoms with Crippen molar-refractivity contribution in [3.63, 3.8) is 0 Å². The van der Waals surface area contributed by atoms with Crippen molar-refractivity contribution in [2.75, 3.05) is 7.11 Å². The van der Waals surface area contributed by atoms with Gasteiger partial charge in [-0.05, 0) is 23.4 Å². The first-order valence-electron chi connectivity index (χ1n) is 3.40. The van der Waals surface area contributed by atoms with Gasteiger partial charge in [0.05, 0.1) is 12.5 Å². The molecule has 3 nitrogen and oxygen atoms in total. The van der Waals surface area contributed by atoms with Crippen LogP contribution in [0.15, 0.2) is 22.7 Å². The molecule has 2 aromatic rings. The average Bonchev–Trinajstić information content (AvgIpc) is 2.46. The third-order valence-corrected chi connectivity index (χ3v) is 1.59. The van der Waals surface area contributed by atoms with Gasteiger partial charge >= 0.3 is 0 Å². The van der Waals surface area contributed by atoms with Gasteiger partial charge in [-0.2, -0.15) is 0 Å². The number of nitrogens with zero attached hydrogens (tertiary/aromatic N) is 1. The van der Waals surface area contributed by atoms with Crippen molar-refractivity contribution in [2.45, 2.75) is 0 Å². The highest BCUT2D eigenvalue weighted by atomic mass is 19.1. The van der Waals surface area contributed by atoms with Crippen molar-refractivity contribution in [1.82, 2.24) is 5.16 Å². The van der Waals surface area contributed by atoms with Crippen LogP contribution in [0.5, 0.6) is 5.88 Å². The van der Waals surface area contributed by atoms with E-state index in [0.717, 1.165) is 0 Å². The maximum Gasteiger partial charge on any atom is 0.261 e. The second-order valence-corrected chi connectivity index (χ2v) is 2.33. The van der Waals surface area contributed by atoms with Gasteiger partial charge in [-0.1, -0.05) is 0 Å². The normalized spacial score (nSPS) is 10.5. The number of hydrogen-bond donors (Lipinski definition) is 0. The van der Waals surface area contributed by atoms with Crippen molar-refractivity contribution in [1.29, 1.82) is 0 Å². The molecule has 4 heteroatoms. The zero-order valence-electron chi connectivity index (χ0n) is 6.37. The van der Waals surface area contributed by atoms with Gasteiger partial charge in [-0.3, -0.25) is 0 Å². The molecule has 0 radical (unpaired) electrons. The molecule has 62 valence electrons. The van der Waals surface area contributed by atoms with E-state index in [9.17, 15) is 4.39 Å². The van der Waals surface area contributed by atoms with E-state index in [0.29, 0.717) is 16.8 Å². The van der Waals surface area contributed by atoms with Crippen LogP contribution in [-0.2, 0) is 0 Å². The van der Waals surface area contributed by atoms with Gasteiger partial charge in [-0.25, -0.2) is 4.39 Å². The second-order valence-electron chi connectivity index (χ2n) is 2.33. The van der Waals surface area contributed by atoms with E-state index in [2.05, 4.69) is 5.16 Å². The summed E-state index contributed by atoms with van der Waals surface area (Å²) in [5.74, 6) is -0.0199. The van der Waals surface area contributed by atoms with Gasteiger partial charge in [-0.15, -0.1) is 0 Å². The first-order chi connectivity index (χ1) is 5.81. The molecule has 0 bridgehead atoms. The number of benzene rings is 1. The molecule has 1 heterocycles. The molecule has 0 saturated carbocycles. The van der Waals surface area contributed by atoms with Crippen LogP contribution in [0.2, 0.25) is 0 Å². The second kappa shape index (κ2) is 2.48. The molecule has 0 fully saturated rings. The average molecular weight is 167 g/mol. The molecule has 12 heavy (non-hydrogen) atoms. The molecule has 0 aliphatic heterocycles. The van der Waals surface area contributed by atoms with Gasteiger partial charge in [0, 0.05) is 0 Å². The Morgan fingerprint density at radius 1 is 1.50 bits per heavy atom. The van der Waals surface area contributed by atoms with E-state index >= 15 is 0 Å². The van der Waals surface area contributed by atoms with Crippen LogP contribution < -0.4 is 4.74 Å². The molecule has 0 spiro atoms. The monoisotopic (exact) mass is 167 g/mol. The Bertz CT molecular complexity index is 410. The zero-order valence-corrected chi connectivity index (χ0v) is 6.37. The summed E-state index contributed by atoms with van der Waals surface area (Å²) in [6.07, 6.45) is 0. The highest BCUT2D eigenvalue weighted by molar-refractivity contribution is 5.81. The summed E-state index contributed by atoms with van der Waals surface area (Å²) in [5, 5.41) is 4.14. The lowest BCUT2D eigenvalue weighted by atomic mass is 10.2. The molecular weight excluding hydrogens is 161 g/mol. The van der Waals surface area contributed by atoms with E-state index in [1.54, 1.807) is 0 Å². The minimum absolute atomic E-state index is 0.310. The maximum atomic E-state index is 12.7. The Hall–Kier alpha value is -1.58. The number of hydrogen-bond acceptors (Lipinski definition) is 3. The van der Waals surface area contributed by atoms with E-state index in [1.807, 2.05) is 0 Å². The third kappa shape index (κ3) is 0.922. The van der Waals surface area contributed by atoms with Gasteiger partial charge < -0.3 is 9.26 Å². The summed E-state index contributed by atoms with van der Waals surface area (Å²) in [4.78, 5) is 0. The first kappa shape index (κ1) is 7.09. The minimum atomic E-state index is -0.330. The van der Waals surface area contributed by atoms with E-state index < -0.39 is 0 Å². The summed E-state index contributed by atoms with van der Waals surface area (Å²) in [5.41, 5.74) is 0.522. The minimum Gasteiger partial charge on any atom is -0.478 e. The van der Waals surface area contributed by atoms with Crippen LogP contribution >= 0.6 is 0 Å². The van der Waals surface area contributed by atoms with Crippen molar-refractivity contribution in [2.24, 2.45) is 0 Å². The lowest BCUT2D eigenvalue weighted by molar-refractivity contribution is 0.350. The molecule has 1 aromatic carbocycles. The predicted octanol–water partition coefficient (Wildman–Crippen LogP) is 1.98. The van der Waals surface area contributed by atoms with E-state index in [-0.39, 0.29) is 5.82 Å². The number of fused-ring (bicyclic) bond motifs is 1. The molecule has 0 amide bonds. The van der Waals surface area contributed by atoms with Crippen molar-refractivity contribution in [3.8, 4) is 5.88 Å². The van der Waals surface area contributed by atoms with Crippen LogP contribution in [0.4, 0.5) is 4.39 Å². The SMILES string of the molecule is COc1noc2ccc(F)cc12. The summed E-state index contributed by atoms with van der Waals surface area (Å²) in [7, 11) is 1.46. The Morgan fingerprint density at radius 2 is 2.33 bits per heavy atom. The molecule has 0 saturated heterocycles. The predicted molar refractivity (Wildman–Crippen MR) is 40.5 cm³/mol. The van der Waals surface area contributed by atoms with E-state index in [1.165, 1.54) is 25.3 Å². The van der Waals surface area contributed by atoms with Crippen molar-refractivity contribution >= 4 is 11.0 Å². The van der Waals surface area contributed by atoms with Crippen molar-refractivity contribution in [3.05, 3.63) is 24.0 Å². The molecule has 0 aliphatic rings. The van der Waals surface area contributed by atoms with Gasteiger partial charge in [0.15, 0.2) is 5.58 Å². The number of ether oxygens (including phenoxy) is 1. The van der Waals surface area contributed by atoms with E-state index in [4.69, 9.17) is 9.26 Å². The van der Waals surface area contributed by atoms with Crippen molar-refractivity contribution < 1.29 is 13.7 Å². The lowest BCUT2D eigenvalue weighted by Gasteiger charge is -1.90. The fourth-order valence-electron chi connectivity index (χ4n) is 1.04. The summed E-state index contributed by atoms with van der Waals surface area (Å²) in [6.45, 7) is 0. The van der Waals surface area contributed by atoms with Crippen LogP contribution in [-0.4, -0.2) is 12.3 Å². The van der Waals surface area contributed by atoms with Crippen LogP contribution in [0.25, 0.3) is 11.0 Å². The molecular formula is C8H6FNO2.